The molecule has 0 radical (unpaired) electrons. The first-order chi connectivity index (χ1) is 52.8. The molecule has 3 saturated heterocycles. The molecule has 4 bridgehead atoms. The van der Waals surface area contributed by atoms with Crippen LogP contribution in [0.4, 0.5) is 0 Å². The Labute approximate surface area is 647 Å². The molecule has 2 aromatic carbocycles. The second-order valence-electron chi connectivity index (χ2n) is 30.0. The first-order valence-corrected chi connectivity index (χ1v) is 39.7. The second kappa shape index (κ2) is 38.9. The van der Waals surface area contributed by atoms with Crippen LogP contribution >= 0.6 is 22.7 Å². The highest BCUT2D eigenvalue weighted by Crippen LogP contribution is 2.61. The second-order valence-corrected chi connectivity index (χ2v) is 32.1. The number of piperazine rings is 1. The van der Waals surface area contributed by atoms with Gasteiger partial charge in [-0.15, -0.1) is 22.7 Å². The summed E-state index contributed by atoms with van der Waals surface area (Å²) in [6.45, 7) is -0.825. The molecule has 4 saturated carbocycles. The van der Waals surface area contributed by atoms with E-state index >= 15 is 19.2 Å². The lowest BCUT2D eigenvalue weighted by molar-refractivity contribution is -0.157. The number of benzene rings is 2. The summed E-state index contributed by atoms with van der Waals surface area (Å²) in [6.07, 6.45) is 6.70. The van der Waals surface area contributed by atoms with E-state index in [1.807, 2.05) is 0 Å². The molecule has 7 aliphatic rings. The van der Waals surface area contributed by atoms with Crippen LogP contribution in [-0.2, 0) is 78.4 Å². The zero-order valence-corrected chi connectivity index (χ0v) is 63.5. The van der Waals surface area contributed by atoms with Crippen molar-refractivity contribution in [3.05, 3.63) is 117 Å². The van der Waals surface area contributed by atoms with Gasteiger partial charge in [-0.05, 0) is 147 Å². The summed E-state index contributed by atoms with van der Waals surface area (Å²) < 4.78 is 0. The molecule has 4 aromatic rings. The first-order valence-electron chi connectivity index (χ1n) is 38.0. The number of aliphatic hydroxyl groups is 1. The Hall–Kier alpha value is -10.2. The van der Waals surface area contributed by atoms with Crippen LogP contribution < -0.4 is 66.3 Å². The molecule has 34 heteroatoms. The molecule has 32 nitrogen and oxygen atoms in total. The Kier molecular flexibility index (Phi) is 29.1. The van der Waals surface area contributed by atoms with E-state index in [0.717, 1.165) is 19.3 Å². The van der Waals surface area contributed by atoms with E-state index < -0.39 is 126 Å². The number of thiophene rings is 2. The van der Waals surface area contributed by atoms with Gasteiger partial charge in [-0.2, -0.15) is 0 Å². The largest absolute Gasteiger partial charge is 0.480 e. The van der Waals surface area contributed by atoms with Crippen LogP contribution in [-0.4, -0.2) is 226 Å². The number of carbonyl (C=O) groups is 11. The van der Waals surface area contributed by atoms with Crippen molar-refractivity contribution in [3.8, 4) is 0 Å². The van der Waals surface area contributed by atoms with E-state index in [2.05, 4.69) is 46.9 Å². The zero-order valence-electron chi connectivity index (χ0n) is 61.8. The third-order valence-electron chi connectivity index (χ3n) is 21.8. The van der Waals surface area contributed by atoms with Crippen LogP contribution in [0.1, 0.15) is 124 Å². The van der Waals surface area contributed by atoms with Crippen molar-refractivity contribution in [1.29, 1.82) is 0 Å². The van der Waals surface area contributed by atoms with Crippen molar-refractivity contribution in [3.63, 3.8) is 0 Å². The summed E-state index contributed by atoms with van der Waals surface area (Å²) in [5, 5.41) is 41.7. The molecule has 11 rings (SSSR count). The highest BCUT2D eigenvalue weighted by atomic mass is 32.1. The maximum Gasteiger partial charge on any atom is 0.326 e. The Morgan fingerprint density at radius 2 is 1.05 bits per heavy atom. The van der Waals surface area contributed by atoms with Gasteiger partial charge in [0.15, 0.2) is 17.9 Å². The van der Waals surface area contributed by atoms with Gasteiger partial charge in [0.05, 0.1) is 12.6 Å². The van der Waals surface area contributed by atoms with Gasteiger partial charge in [0, 0.05) is 94.1 Å². The molecule has 594 valence electrons. The molecule has 3 aliphatic heterocycles. The van der Waals surface area contributed by atoms with Gasteiger partial charge in [-0.3, -0.25) is 62.9 Å². The number of rotatable bonds is 38. The van der Waals surface area contributed by atoms with Crippen molar-refractivity contribution < 1.29 is 63.0 Å². The van der Waals surface area contributed by atoms with Gasteiger partial charge in [-0.25, -0.2) is 4.79 Å². The Bertz CT molecular complexity index is 3920. The molecule has 110 heavy (non-hydrogen) atoms. The standard InChI is InChI=1S/C76H105N19O13S2/c77-73(78)83-23-7-19-53(87-62(97)42-76-39-47-31-48(40-76)33-49(32-47)41-76)64(99)89-54(20-8-24-84-74(79)80)68(103)92-26-10-22-58(92)70(105)95-44-50(96)36-60(95)66(101)86-43-63(98)88-57(38-52-18-12-30-110-52)69(104)94-28-27-93(71(106)61(94)35-46-15-5-2-6-16-46)59(34-45-13-3-1-4-14-45)67(102)91-56(37-51-17-11-29-109-51)65(100)90-55(72(107)108)21-9-25-85-75(81)82/h1-6,11-18,29-30,47-50,53-61,96H,7-10,19-28,31-44H2,(H,86,101)(H,87,97)(H,88,98)(H,89,99)(H,90,100)(H,91,102)(H,107,108)(H4,77,78,83)(H4,79,80,84)(H4,81,82,85)/t47?,48?,49?,50?,53-,54+,55+,56+,57+,58+,59-,60+,61-,76?/m1/s1. The quantitative estimate of drug-likeness (QED) is 0.0157. The molecule has 10 amide bonds. The van der Waals surface area contributed by atoms with Crippen LogP contribution in [0.25, 0.3) is 0 Å². The van der Waals surface area contributed by atoms with Crippen LogP contribution in [0, 0.1) is 23.2 Å². The minimum absolute atomic E-state index is 0.0261. The van der Waals surface area contributed by atoms with E-state index in [4.69, 9.17) is 34.4 Å². The van der Waals surface area contributed by atoms with Gasteiger partial charge in [-0.1, -0.05) is 72.8 Å². The minimum atomic E-state index is -1.37. The number of nitrogens with one attached hydrogen (secondary N) is 6. The van der Waals surface area contributed by atoms with E-state index in [-0.39, 0.29) is 152 Å². The van der Waals surface area contributed by atoms with Gasteiger partial charge in [0.2, 0.25) is 59.1 Å². The summed E-state index contributed by atoms with van der Waals surface area (Å²) in [7, 11) is 0. The molecule has 4 aliphatic carbocycles. The van der Waals surface area contributed by atoms with E-state index in [0.29, 0.717) is 51.5 Å². The molecule has 1 unspecified atom stereocenters. The number of β-amino-alcohol motifs (C(OH)–C–C–N with tert-alkyl or cyclic N) is 1. The molecular formula is C76H105N19O13S2. The summed E-state index contributed by atoms with van der Waals surface area (Å²) in [5.74, 6) is -6.53. The van der Waals surface area contributed by atoms with Crippen molar-refractivity contribution in [2.45, 2.75) is 189 Å². The highest BCUT2D eigenvalue weighted by molar-refractivity contribution is 7.10. The number of hydrogen-bond acceptors (Lipinski definition) is 17. The molecule has 7 fully saturated rings. The molecule has 5 heterocycles. The fourth-order valence-corrected chi connectivity index (χ4v) is 18.7. The number of carboxylic acids is 1. The Morgan fingerprint density at radius 3 is 1.62 bits per heavy atom. The average molecular weight is 1560 g/mol. The number of carbonyl (C=O) groups excluding carboxylic acids is 10. The first kappa shape index (κ1) is 82.3. The maximum absolute atomic E-state index is 15.6. The van der Waals surface area contributed by atoms with Gasteiger partial charge in [0.1, 0.15) is 54.4 Å². The summed E-state index contributed by atoms with van der Waals surface area (Å²) in [6, 6.07) is 13.6. The van der Waals surface area contributed by atoms with Crippen molar-refractivity contribution in [2.75, 3.05) is 52.4 Å². The topological polar surface area (TPSA) is 507 Å². The molecular weight excluding hydrogens is 1450 g/mol. The predicted molar refractivity (Wildman–Crippen MR) is 413 cm³/mol. The fourth-order valence-electron chi connectivity index (χ4n) is 17.2. The maximum atomic E-state index is 15.6. The monoisotopic (exact) mass is 1560 g/mol. The summed E-state index contributed by atoms with van der Waals surface area (Å²) >= 11 is 2.65. The normalized spacial score (nSPS) is 22.8. The van der Waals surface area contributed by atoms with Crippen molar-refractivity contribution >= 4 is 106 Å². The Balaban J connectivity index is 0.822. The van der Waals surface area contributed by atoms with Crippen LogP contribution in [0.5, 0.6) is 0 Å². The average Bonchev–Trinajstić information content (AvgIpc) is 0.886. The number of nitrogens with two attached hydrogens (primary N) is 6. The number of aliphatic carboxylic acids is 1. The van der Waals surface area contributed by atoms with Gasteiger partial charge >= 0.3 is 5.97 Å². The molecule has 2 aromatic heterocycles. The van der Waals surface area contributed by atoms with E-state index in [1.54, 1.807) is 95.7 Å². The van der Waals surface area contributed by atoms with Gasteiger partial charge in [0.25, 0.3) is 0 Å². The predicted octanol–water partition coefficient (Wildman–Crippen LogP) is -0.167. The fraction of sp³-hybridized carbons (Fsp3) is 0.553. The number of aliphatic imine (C=N–C) groups is 3. The van der Waals surface area contributed by atoms with Crippen molar-refractivity contribution in [1.82, 2.24) is 51.5 Å². The SMILES string of the molecule is NC(N)=NCCC[C@H](NC(=O)[C@H](Cc1cccs1)NC(=O)[C@@H](Cc1ccccc1)N1CCN(C(=O)[C@H](Cc2cccs2)NC(=O)CNC(=O)[C@@H]2CC(O)CN2C(=O)[C@@H]2CCCN2C(=O)[C@H](CCCN=C(N)N)NC(=O)[C@@H](CCCN=C(N)N)NC(=O)CC23CC4CC(CC(C4)C2)C3)[C@H](Cc2ccccc2)C1=O)C(=O)O. The lowest BCUT2D eigenvalue weighted by atomic mass is 9.49. The number of nitrogens with zero attached hydrogens (tertiary/aromatic N) is 7. The molecule has 20 N–H and O–H groups in total. The zero-order chi connectivity index (χ0) is 78.6. The van der Waals surface area contributed by atoms with Crippen LogP contribution in [0.2, 0.25) is 0 Å². The number of guanidine groups is 3. The van der Waals surface area contributed by atoms with Crippen LogP contribution in [0.3, 0.4) is 0 Å². The third kappa shape index (κ3) is 22.7. The van der Waals surface area contributed by atoms with Crippen molar-refractivity contribution in [2.24, 2.45) is 72.5 Å². The molecule has 0 spiro atoms. The smallest absolute Gasteiger partial charge is 0.326 e. The number of amides is 10. The van der Waals surface area contributed by atoms with Crippen LogP contribution in [0.15, 0.2) is 111 Å². The number of likely N-dealkylation sites (tertiary alicyclic amines) is 2. The highest BCUT2D eigenvalue weighted by Gasteiger charge is 2.53. The number of hydrogen-bond donors (Lipinski definition) is 14. The third-order valence-corrected chi connectivity index (χ3v) is 23.6. The number of carboxylic acid groups (broad SMARTS) is 1. The van der Waals surface area contributed by atoms with Gasteiger partial charge < -0.3 is 96.1 Å². The summed E-state index contributed by atoms with van der Waals surface area (Å²) in [4.78, 5) is 179. The lowest BCUT2D eigenvalue weighted by Crippen LogP contribution is -2.67. The number of aliphatic hydroxyl groups excluding tert-OH is 1. The minimum Gasteiger partial charge on any atom is -0.480 e. The summed E-state index contributed by atoms with van der Waals surface area (Å²) in [5.41, 5.74) is 34.7. The lowest BCUT2D eigenvalue weighted by Gasteiger charge is -2.56. The van der Waals surface area contributed by atoms with E-state index in [9.17, 15) is 43.8 Å². The Morgan fingerprint density at radius 1 is 0.536 bits per heavy atom. The van der Waals surface area contributed by atoms with E-state index in [1.165, 1.54) is 61.5 Å². The molecule has 10 atom stereocenters.